The molecule has 2 N–H and O–H groups in total. The zero-order chi connectivity index (χ0) is 7.84. The number of phenols is 1. The van der Waals surface area contributed by atoms with Crippen LogP contribution < -0.4 is 5.32 Å². The Morgan fingerprint density at radius 1 is 1.45 bits per heavy atom. The number of hydrogen-bond donors (Lipinski definition) is 2. The van der Waals surface area contributed by atoms with Gasteiger partial charge in [-0.25, -0.2) is 0 Å². The average Bonchev–Trinajstić information content (AvgIpc) is 2.36. The first-order valence-corrected chi connectivity index (χ1v) is 3.90. The van der Waals surface area contributed by atoms with E-state index in [0.717, 1.165) is 24.2 Å². The molecule has 0 spiro atoms. The molecule has 11 heavy (non-hydrogen) atoms. The molecule has 1 aromatic carbocycles. The third-order valence-corrected chi connectivity index (χ3v) is 2.19. The number of benzene rings is 1. The number of hydrogen-bond acceptors (Lipinski definition) is 2. The van der Waals surface area contributed by atoms with Crippen LogP contribution in [0.25, 0.3) is 0 Å². The largest absolute Gasteiger partial charge is 0.506 e. The van der Waals surface area contributed by atoms with Crippen LogP contribution in [0.2, 0.25) is 5.02 Å². The quantitative estimate of drug-likeness (QED) is 0.583. The fourth-order valence-corrected chi connectivity index (χ4v) is 1.47. The molecule has 0 amide bonds. The summed E-state index contributed by atoms with van der Waals surface area (Å²) in [6.07, 6.45) is 0.972. The van der Waals surface area contributed by atoms with Gasteiger partial charge in [0.2, 0.25) is 0 Å². The fraction of sp³-hybridized carbons (Fsp3) is 0.250. The summed E-state index contributed by atoms with van der Waals surface area (Å²) in [5.41, 5.74) is 2.19. The van der Waals surface area contributed by atoms with Crippen LogP contribution in [-0.4, -0.2) is 11.7 Å². The molecule has 0 aromatic heterocycles. The van der Waals surface area contributed by atoms with Crippen molar-refractivity contribution in [3.8, 4) is 5.75 Å². The first-order valence-electron chi connectivity index (χ1n) is 3.52. The predicted octanol–water partition coefficient (Wildman–Crippen LogP) is 2.01. The first kappa shape index (κ1) is 6.80. The smallest absolute Gasteiger partial charge is 0.134 e. The Morgan fingerprint density at radius 3 is 3.09 bits per heavy atom. The van der Waals surface area contributed by atoms with Gasteiger partial charge in [0.1, 0.15) is 5.75 Å². The highest BCUT2D eigenvalue weighted by molar-refractivity contribution is 6.32. The SMILES string of the molecule is Oc1cc2c(cc1Cl)NCC2. The lowest BCUT2D eigenvalue weighted by Crippen LogP contribution is -1.90. The predicted molar refractivity (Wildman–Crippen MR) is 45.3 cm³/mol. The topological polar surface area (TPSA) is 32.3 Å². The lowest BCUT2D eigenvalue weighted by Gasteiger charge is -2.01. The van der Waals surface area contributed by atoms with E-state index < -0.39 is 0 Å². The molecule has 1 aliphatic heterocycles. The van der Waals surface area contributed by atoms with Gasteiger partial charge in [0, 0.05) is 12.2 Å². The third-order valence-electron chi connectivity index (χ3n) is 1.88. The number of aromatic hydroxyl groups is 1. The molecule has 0 radical (unpaired) electrons. The van der Waals surface area contributed by atoms with Crippen molar-refractivity contribution in [1.82, 2.24) is 0 Å². The minimum absolute atomic E-state index is 0.175. The molecule has 0 bridgehead atoms. The molecule has 1 aliphatic rings. The molecule has 0 fully saturated rings. The van der Waals surface area contributed by atoms with Crippen molar-refractivity contribution < 1.29 is 5.11 Å². The minimum atomic E-state index is 0.175. The second-order valence-electron chi connectivity index (χ2n) is 2.64. The summed E-state index contributed by atoms with van der Waals surface area (Å²) in [4.78, 5) is 0. The fourth-order valence-electron chi connectivity index (χ4n) is 1.31. The van der Waals surface area contributed by atoms with Gasteiger partial charge in [-0.3, -0.25) is 0 Å². The van der Waals surface area contributed by atoms with Crippen LogP contribution in [0.4, 0.5) is 5.69 Å². The Bertz CT molecular complexity index is 269. The van der Waals surface area contributed by atoms with E-state index in [2.05, 4.69) is 5.32 Å². The Balaban J connectivity index is 2.57. The van der Waals surface area contributed by atoms with Crippen LogP contribution >= 0.6 is 11.6 Å². The second kappa shape index (κ2) is 2.31. The molecule has 1 aromatic rings. The molecular formula is C8H8ClNO. The average molecular weight is 170 g/mol. The third kappa shape index (κ3) is 1.03. The van der Waals surface area contributed by atoms with E-state index in [1.807, 2.05) is 0 Å². The van der Waals surface area contributed by atoms with Crippen molar-refractivity contribution in [2.45, 2.75) is 6.42 Å². The zero-order valence-corrected chi connectivity index (χ0v) is 6.65. The van der Waals surface area contributed by atoms with Gasteiger partial charge in [-0.05, 0) is 24.1 Å². The molecule has 0 saturated heterocycles. The molecular weight excluding hydrogens is 162 g/mol. The number of nitrogens with one attached hydrogen (secondary N) is 1. The number of phenolic OH excluding ortho intramolecular Hbond substituents is 1. The van der Waals surface area contributed by atoms with Gasteiger partial charge < -0.3 is 10.4 Å². The molecule has 2 nitrogen and oxygen atoms in total. The molecule has 0 saturated carbocycles. The molecule has 0 unspecified atom stereocenters. The Kier molecular flexibility index (Phi) is 1.43. The summed E-state index contributed by atoms with van der Waals surface area (Å²) in [6, 6.07) is 3.48. The summed E-state index contributed by atoms with van der Waals surface area (Å²) in [7, 11) is 0. The Labute approximate surface area is 69.8 Å². The van der Waals surface area contributed by atoms with Gasteiger partial charge in [-0.1, -0.05) is 11.6 Å². The van der Waals surface area contributed by atoms with Gasteiger partial charge in [0.25, 0.3) is 0 Å². The Hall–Kier alpha value is -0.890. The van der Waals surface area contributed by atoms with Crippen molar-refractivity contribution in [2.24, 2.45) is 0 Å². The summed E-state index contributed by atoms with van der Waals surface area (Å²) >= 11 is 5.70. The van der Waals surface area contributed by atoms with Crippen LogP contribution in [-0.2, 0) is 6.42 Å². The molecule has 0 atom stereocenters. The van der Waals surface area contributed by atoms with Crippen molar-refractivity contribution in [3.05, 3.63) is 22.7 Å². The summed E-state index contributed by atoms with van der Waals surface area (Å²) in [5.74, 6) is 0.175. The zero-order valence-electron chi connectivity index (χ0n) is 5.89. The van der Waals surface area contributed by atoms with Crippen molar-refractivity contribution in [3.63, 3.8) is 0 Å². The first-order chi connectivity index (χ1) is 5.27. The molecule has 58 valence electrons. The maximum atomic E-state index is 9.22. The lowest BCUT2D eigenvalue weighted by molar-refractivity contribution is 0.475. The van der Waals surface area contributed by atoms with Gasteiger partial charge in [0.05, 0.1) is 5.02 Å². The molecule has 2 rings (SSSR count). The van der Waals surface area contributed by atoms with E-state index in [1.54, 1.807) is 12.1 Å². The number of rotatable bonds is 0. The number of anilines is 1. The Morgan fingerprint density at radius 2 is 2.27 bits per heavy atom. The summed E-state index contributed by atoms with van der Waals surface area (Å²) in [6.45, 7) is 0.940. The maximum Gasteiger partial charge on any atom is 0.134 e. The summed E-state index contributed by atoms with van der Waals surface area (Å²) < 4.78 is 0. The van der Waals surface area contributed by atoms with E-state index in [9.17, 15) is 5.11 Å². The summed E-state index contributed by atoms with van der Waals surface area (Å²) in [5, 5.41) is 12.8. The van der Waals surface area contributed by atoms with E-state index in [4.69, 9.17) is 11.6 Å². The van der Waals surface area contributed by atoms with Crippen LogP contribution in [0, 0.1) is 0 Å². The lowest BCUT2D eigenvalue weighted by atomic mass is 10.1. The van der Waals surface area contributed by atoms with Crippen molar-refractivity contribution in [1.29, 1.82) is 0 Å². The van der Waals surface area contributed by atoms with E-state index >= 15 is 0 Å². The van der Waals surface area contributed by atoms with Crippen LogP contribution in [0.15, 0.2) is 12.1 Å². The monoisotopic (exact) mass is 169 g/mol. The van der Waals surface area contributed by atoms with Crippen molar-refractivity contribution in [2.75, 3.05) is 11.9 Å². The van der Waals surface area contributed by atoms with Crippen molar-refractivity contribution >= 4 is 17.3 Å². The number of halogens is 1. The molecule has 0 aliphatic carbocycles. The highest BCUT2D eigenvalue weighted by Gasteiger charge is 2.12. The highest BCUT2D eigenvalue weighted by atomic mass is 35.5. The van der Waals surface area contributed by atoms with E-state index in [1.165, 1.54) is 0 Å². The van der Waals surface area contributed by atoms with Gasteiger partial charge in [-0.2, -0.15) is 0 Å². The van der Waals surface area contributed by atoms with E-state index in [0.29, 0.717) is 5.02 Å². The van der Waals surface area contributed by atoms with Crippen LogP contribution in [0.5, 0.6) is 5.75 Å². The minimum Gasteiger partial charge on any atom is -0.506 e. The van der Waals surface area contributed by atoms with E-state index in [-0.39, 0.29) is 5.75 Å². The van der Waals surface area contributed by atoms with Crippen LogP contribution in [0.1, 0.15) is 5.56 Å². The molecule has 1 heterocycles. The van der Waals surface area contributed by atoms with Gasteiger partial charge >= 0.3 is 0 Å². The van der Waals surface area contributed by atoms with Gasteiger partial charge in [0.15, 0.2) is 0 Å². The van der Waals surface area contributed by atoms with Gasteiger partial charge in [-0.15, -0.1) is 0 Å². The molecule has 3 heteroatoms. The highest BCUT2D eigenvalue weighted by Crippen LogP contribution is 2.32. The normalized spacial score (nSPS) is 14.3. The maximum absolute atomic E-state index is 9.22. The number of fused-ring (bicyclic) bond motifs is 1. The second-order valence-corrected chi connectivity index (χ2v) is 3.04. The van der Waals surface area contributed by atoms with Crippen LogP contribution in [0.3, 0.4) is 0 Å². The standard InChI is InChI=1S/C8H8ClNO/c9-6-4-7-5(1-2-10-7)3-8(6)11/h3-4,10-11H,1-2H2.